The van der Waals surface area contributed by atoms with Crippen molar-refractivity contribution in [3.8, 4) is 0 Å². The lowest BCUT2D eigenvalue weighted by molar-refractivity contribution is 0.0726. The molecule has 1 aromatic heterocycles. The average Bonchev–Trinajstić information content (AvgIpc) is 3.18. The Hall–Kier alpha value is -3.01. The Morgan fingerprint density at radius 2 is 1.86 bits per heavy atom. The molecule has 184 valence electrons. The number of sulfonamides is 1. The highest BCUT2D eigenvalue weighted by Gasteiger charge is 2.31. The SMILES string of the molecule is Cn1nc(C(=O)N2CCc3ccccc3C2)c2c1CC[C@@H](NCCc1ccc(S(N)(=O)=O)cc1)C2. The monoisotopic (exact) mass is 493 g/mol. The highest BCUT2D eigenvalue weighted by molar-refractivity contribution is 7.89. The number of rotatable bonds is 6. The molecule has 35 heavy (non-hydrogen) atoms. The second-order valence-corrected chi connectivity index (χ2v) is 11.0. The molecule has 2 heterocycles. The predicted molar refractivity (Wildman–Crippen MR) is 133 cm³/mol. The highest BCUT2D eigenvalue weighted by Crippen LogP contribution is 2.27. The van der Waals surface area contributed by atoms with E-state index < -0.39 is 10.0 Å². The van der Waals surface area contributed by atoms with Gasteiger partial charge in [-0.25, -0.2) is 13.6 Å². The van der Waals surface area contributed by atoms with E-state index in [0.717, 1.165) is 55.5 Å². The first-order chi connectivity index (χ1) is 16.8. The van der Waals surface area contributed by atoms with Gasteiger partial charge < -0.3 is 10.2 Å². The van der Waals surface area contributed by atoms with Crippen molar-refractivity contribution in [2.45, 2.75) is 49.6 Å². The van der Waals surface area contributed by atoms with Crippen molar-refractivity contribution in [1.29, 1.82) is 0 Å². The van der Waals surface area contributed by atoms with Gasteiger partial charge in [-0.2, -0.15) is 5.10 Å². The number of fused-ring (bicyclic) bond motifs is 2. The van der Waals surface area contributed by atoms with E-state index in [0.29, 0.717) is 18.8 Å². The van der Waals surface area contributed by atoms with Gasteiger partial charge in [0, 0.05) is 37.4 Å². The van der Waals surface area contributed by atoms with Gasteiger partial charge in [0.15, 0.2) is 5.69 Å². The second-order valence-electron chi connectivity index (χ2n) is 9.48. The van der Waals surface area contributed by atoms with E-state index in [4.69, 9.17) is 5.14 Å². The van der Waals surface area contributed by atoms with Crippen molar-refractivity contribution in [1.82, 2.24) is 20.0 Å². The summed E-state index contributed by atoms with van der Waals surface area (Å²) in [5.41, 5.74) is 6.40. The zero-order valence-electron chi connectivity index (χ0n) is 19.9. The number of primary sulfonamides is 1. The van der Waals surface area contributed by atoms with Crippen LogP contribution in [0.25, 0.3) is 0 Å². The maximum atomic E-state index is 13.5. The number of carbonyl (C=O) groups excluding carboxylic acids is 1. The van der Waals surface area contributed by atoms with Crippen LogP contribution in [0.4, 0.5) is 0 Å². The average molecular weight is 494 g/mol. The fraction of sp³-hybridized carbons (Fsp3) is 0.385. The van der Waals surface area contributed by atoms with E-state index in [9.17, 15) is 13.2 Å². The number of aromatic nitrogens is 2. The van der Waals surface area contributed by atoms with Crippen LogP contribution in [0.15, 0.2) is 53.4 Å². The molecule has 0 spiro atoms. The number of amides is 1. The minimum Gasteiger partial charge on any atom is -0.333 e. The summed E-state index contributed by atoms with van der Waals surface area (Å²) in [5, 5.41) is 13.4. The summed E-state index contributed by atoms with van der Waals surface area (Å²) in [4.78, 5) is 15.5. The molecule has 0 saturated heterocycles. The molecular formula is C26H31N5O3S. The summed E-state index contributed by atoms with van der Waals surface area (Å²) < 4.78 is 24.7. The standard InChI is InChI=1S/C26H31N5O3S/c1-30-24-11-8-21(28-14-12-18-6-9-22(10-7-18)35(27,33)34)16-23(24)25(29-30)26(32)31-15-13-19-4-2-3-5-20(19)17-31/h2-7,9-10,21,28H,8,11-17H2,1H3,(H2,27,33,34)/t21-/m1/s1. The van der Waals surface area contributed by atoms with Gasteiger partial charge in [-0.05, 0) is 67.5 Å². The number of hydrogen-bond donors (Lipinski definition) is 2. The molecule has 8 nitrogen and oxygen atoms in total. The molecule has 2 aromatic carbocycles. The smallest absolute Gasteiger partial charge is 0.274 e. The van der Waals surface area contributed by atoms with Gasteiger partial charge in [-0.3, -0.25) is 9.48 Å². The number of nitrogens with one attached hydrogen (secondary N) is 1. The van der Waals surface area contributed by atoms with E-state index in [-0.39, 0.29) is 16.8 Å². The van der Waals surface area contributed by atoms with E-state index in [1.165, 1.54) is 11.1 Å². The number of nitrogens with zero attached hydrogens (tertiary/aromatic N) is 3. The molecule has 5 rings (SSSR count). The molecule has 0 fully saturated rings. The molecule has 0 radical (unpaired) electrons. The lowest BCUT2D eigenvalue weighted by atomic mass is 9.90. The molecule has 1 amide bonds. The molecule has 0 unspecified atom stereocenters. The molecule has 9 heteroatoms. The van der Waals surface area contributed by atoms with E-state index in [1.807, 2.05) is 22.7 Å². The lowest BCUT2D eigenvalue weighted by Crippen LogP contribution is -2.38. The van der Waals surface area contributed by atoms with E-state index in [2.05, 4.69) is 28.6 Å². The summed E-state index contributed by atoms with van der Waals surface area (Å²) >= 11 is 0. The normalized spacial score (nSPS) is 17.7. The Labute approximate surface area is 206 Å². The first-order valence-electron chi connectivity index (χ1n) is 12.1. The maximum absolute atomic E-state index is 13.5. The molecule has 0 saturated carbocycles. The molecule has 0 bridgehead atoms. The third kappa shape index (κ3) is 5.03. The Bertz CT molecular complexity index is 1350. The molecule has 2 aliphatic rings. The van der Waals surface area contributed by atoms with Gasteiger partial charge in [-0.15, -0.1) is 0 Å². The number of aryl methyl sites for hydroxylation is 1. The van der Waals surface area contributed by atoms with Crippen LogP contribution in [0.5, 0.6) is 0 Å². The first-order valence-corrected chi connectivity index (χ1v) is 13.6. The summed E-state index contributed by atoms with van der Waals surface area (Å²) in [6, 6.07) is 15.3. The van der Waals surface area contributed by atoms with Crippen LogP contribution >= 0.6 is 0 Å². The second kappa shape index (κ2) is 9.56. The van der Waals surface area contributed by atoms with E-state index in [1.54, 1.807) is 24.3 Å². The summed E-state index contributed by atoms with van der Waals surface area (Å²) in [5.74, 6) is 0.0203. The lowest BCUT2D eigenvalue weighted by Gasteiger charge is -2.29. The van der Waals surface area contributed by atoms with Crippen molar-refractivity contribution in [2.24, 2.45) is 12.2 Å². The zero-order valence-corrected chi connectivity index (χ0v) is 20.7. The molecule has 1 aliphatic heterocycles. The van der Waals surface area contributed by atoms with Gasteiger partial charge in [-0.1, -0.05) is 36.4 Å². The van der Waals surface area contributed by atoms with Crippen molar-refractivity contribution in [3.05, 3.63) is 82.2 Å². The number of benzene rings is 2. The van der Waals surface area contributed by atoms with Crippen LogP contribution in [-0.4, -0.2) is 48.1 Å². The van der Waals surface area contributed by atoms with Crippen LogP contribution < -0.4 is 10.5 Å². The minimum atomic E-state index is -3.67. The fourth-order valence-electron chi connectivity index (χ4n) is 5.22. The number of carbonyl (C=O) groups is 1. The van der Waals surface area contributed by atoms with Gasteiger partial charge in [0.2, 0.25) is 10.0 Å². The van der Waals surface area contributed by atoms with E-state index >= 15 is 0 Å². The van der Waals surface area contributed by atoms with Gasteiger partial charge >= 0.3 is 0 Å². The maximum Gasteiger partial charge on any atom is 0.274 e. The number of nitrogens with two attached hydrogens (primary N) is 1. The summed E-state index contributed by atoms with van der Waals surface area (Å²) in [7, 11) is -1.74. The molecule has 3 N–H and O–H groups in total. The Balaban J connectivity index is 1.23. The molecule has 1 aliphatic carbocycles. The topological polar surface area (TPSA) is 110 Å². The van der Waals surface area contributed by atoms with Crippen molar-refractivity contribution < 1.29 is 13.2 Å². The summed E-state index contributed by atoms with van der Waals surface area (Å²) in [6.07, 6.45) is 4.30. The first kappa shape index (κ1) is 23.7. The quantitative estimate of drug-likeness (QED) is 0.545. The largest absolute Gasteiger partial charge is 0.333 e. The van der Waals surface area contributed by atoms with Gasteiger partial charge in [0.1, 0.15) is 0 Å². The molecule has 3 aromatic rings. The van der Waals surface area contributed by atoms with Crippen LogP contribution in [0.2, 0.25) is 0 Å². The summed E-state index contributed by atoms with van der Waals surface area (Å²) in [6.45, 7) is 2.11. The van der Waals surface area contributed by atoms with Gasteiger partial charge in [0.25, 0.3) is 5.91 Å². The fourth-order valence-corrected chi connectivity index (χ4v) is 5.74. The minimum absolute atomic E-state index is 0.0203. The van der Waals surface area contributed by atoms with Crippen LogP contribution in [0, 0.1) is 0 Å². The van der Waals surface area contributed by atoms with Crippen molar-refractivity contribution in [2.75, 3.05) is 13.1 Å². The third-order valence-electron chi connectivity index (χ3n) is 7.17. The van der Waals surface area contributed by atoms with Crippen molar-refractivity contribution >= 4 is 15.9 Å². The Kier molecular flexibility index (Phi) is 6.48. The predicted octanol–water partition coefficient (Wildman–Crippen LogP) is 1.96. The van der Waals surface area contributed by atoms with Crippen LogP contribution in [-0.2, 0) is 49.3 Å². The van der Waals surface area contributed by atoms with Crippen molar-refractivity contribution in [3.63, 3.8) is 0 Å². The molecule has 1 atom stereocenters. The van der Waals surface area contributed by atoms with Gasteiger partial charge in [0.05, 0.1) is 4.90 Å². The zero-order chi connectivity index (χ0) is 24.6. The highest BCUT2D eigenvalue weighted by atomic mass is 32.2. The van der Waals surface area contributed by atoms with Crippen LogP contribution in [0.1, 0.15) is 44.9 Å². The Morgan fingerprint density at radius 1 is 1.11 bits per heavy atom. The number of hydrogen-bond acceptors (Lipinski definition) is 5. The Morgan fingerprint density at radius 3 is 2.60 bits per heavy atom. The third-order valence-corrected chi connectivity index (χ3v) is 8.10. The molecular weight excluding hydrogens is 462 g/mol. The van der Waals surface area contributed by atoms with Crippen LogP contribution in [0.3, 0.4) is 0 Å².